The van der Waals surface area contributed by atoms with Crippen molar-refractivity contribution in [2.24, 2.45) is 0 Å². The molecule has 0 saturated carbocycles. The molecule has 9 nitrogen and oxygen atoms in total. The van der Waals surface area contributed by atoms with E-state index in [1.165, 1.54) is 70.6 Å². The molecule has 10 heteroatoms. The zero-order chi connectivity index (χ0) is 26.4. The molecule has 0 saturated heterocycles. The van der Waals surface area contributed by atoms with Gasteiger partial charge in [-0.2, -0.15) is 0 Å². The molecule has 0 aliphatic rings. The van der Waals surface area contributed by atoms with E-state index in [4.69, 9.17) is 33.1 Å². The van der Waals surface area contributed by atoms with Crippen molar-refractivity contribution in [3.63, 3.8) is 0 Å². The summed E-state index contributed by atoms with van der Waals surface area (Å²) in [6.07, 6.45) is 17.7. The maximum absolute atomic E-state index is 11.9. The molecule has 0 heterocycles. The number of ether oxygens (including phenoxy) is 4. The zero-order valence-corrected chi connectivity index (χ0v) is 23.8. The van der Waals surface area contributed by atoms with Crippen molar-refractivity contribution in [1.82, 2.24) is 0 Å². The Morgan fingerprint density at radius 2 is 0.806 bits per heavy atom. The maximum Gasteiger partial charge on any atom is 0.472 e. The number of aliphatic hydroxyl groups excluding tert-OH is 1. The highest BCUT2D eigenvalue weighted by Gasteiger charge is 2.20. The summed E-state index contributed by atoms with van der Waals surface area (Å²) in [7, 11) is -4.02. The maximum atomic E-state index is 11.9. The average Bonchev–Trinajstić information content (AvgIpc) is 2.86. The van der Waals surface area contributed by atoms with E-state index in [0.29, 0.717) is 46.2 Å². The number of unbranched alkanes of at least 4 members (excludes halogenated alkanes) is 13. The smallest absolute Gasteiger partial charge is 0.394 e. The minimum absolute atomic E-state index is 0.0104. The highest BCUT2D eigenvalue weighted by molar-refractivity contribution is 7.47. The summed E-state index contributed by atoms with van der Waals surface area (Å²) in [6.45, 7) is 5.56. The minimum atomic E-state index is -4.02. The van der Waals surface area contributed by atoms with Crippen molar-refractivity contribution in [2.75, 3.05) is 72.7 Å². The van der Waals surface area contributed by atoms with Gasteiger partial charge in [0.25, 0.3) is 0 Å². The van der Waals surface area contributed by atoms with Crippen LogP contribution in [0.1, 0.15) is 96.8 Å². The number of hydrogen-bond donors (Lipinski definition) is 2. The molecule has 218 valence electrons. The molecule has 0 aliphatic heterocycles. The van der Waals surface area contributed by atoms with Gasteiger partial charge in [-0.25, -0.2) is 4.57 Å². The molecule has 1 unspecified atom stereocenters. The topological polar surface area (TPSA) is 113 Å². The Hall–Kier alpha value is -0.0900. The number of phosphoric ester groups is 1. The van der Waals surface area contributed by atoms with Crippen LogP contribution in [-0.2, 0) is 32.6 Å². The van der Waals surface area contributed by atoms with Crippen molar-refractivity contribution in [3.8, 4) is 0 Å². The van der Waals surface area contributed by atoms with Crippen molar-refractivity contribution in [1.29, 1.82) is 0 Å². The van der Waals surface area contributed by atoms with Gasteiger partial charge in [-0.15, -0.1) is 0 Å². The average molecular weight is 543 g/mol. The Labute approximate surface area is 220 Å². The van der Waals surface area contributed by atoms with Gasteiger partial charge >= 0.3 is 7.82 Å². The van der Waals surface area contributed by atoms with Gasteiger partial charge < -0.3 is 28.9 Å². The number of aliphatic hydroxyl groups is 1. The summed E-state index contributed by atoms with van der Waals surface area (Å²) >= 11 is 0. The molecule has 0 aromatic carbocycles. The molecule has 0 bridgehead atoms. The van der Waals surface area contributed by atoms with Crippen LogP contribution in [0.15, 0.2) is 0 Å². The molecular weight excluding hydrogens is 487 g/mol. The van der Waals surface area contributed by atoms with Gasteiger partial charge in [-0.1, -0.05) is 90.4 Å². The van der Waals surface area contributed by atoms with Gasteiger partial charge in [0.15, 0.2) is 0 Å². The molecule has 0 aromatic rings. The summed E-state index contributed by atoms with van der Waals surface area (Å²) in [5.74, 6) is 0. The SMILES string of the molecule is CCCCCCCCCCCCCCCCOP(=O)(O)OCCOCCOCCOCCOCCO. The first-order valence-electron chi connectivity index (χ1n) is 14.2. The fourth-order valence-corrected chi connectivity index (χ4v) is 4.29. The van der Waals surface area contributed by atoms with E-state index in [1.54, 1.807) is 0 Å². The van der Waals surface area contributed by atoms with E-state index in [-0.39, 0.29) is 26.4 Å². The molecule has 0 rings (SSSR count). The third-order valence-electron chi connectivity index (χ3n) is 5.59. The van der Waals surface area contributed by atoms with Crippen LogP contribution < -0.4 is 0 Å². The minimum Gasteiger partial charge on any atom is -0.394 e. The van der Waals surface area contributed by atoms with Crippen LogP contribution >= 0.6 is 7.82 Å². The van der Waals surface area contributed by atoms with Gasteiger partial charge in [0.2, 0.25) is 0 Å². The zero-order valence-electron chi connectivity index (χ0n) is 22.9. The van der Waals surface area contributed by atoms with Crippen LogP contribution in [0.2, 0.25) is 0 Å². The quantitative estimate of drug-likeness (QED) is 0.0846. The third kappa shape index (κ3) is 30.1. The van der Waals surface area contributed by atoms with Crippen molar-refractivity contribution >= 4 is 7.82 Å². The second-order valence-electron chi connectivity index (χ2n) is 8.90. The number of hydrogen-bond acceptors (Lipinski definition) is 8. The molecule has 0 aromatic heterocycles. The predicted octanol–water partition coefficient (Wildman–Crippen LogP) is 5.66. The van der Waals surface area contributed by atoms with E-state index in [1.807, 2.05) is 0 Å². The van der Waals surface area contributed by atoms with E-state index < -0.39 is 7.82 Å². The molecule has 2 N–H and O–H groups in total. The summed E-state index contributed by atoms with van der Waals surface area (Å²) in [4.78, 5) is 9.71. The molecule has 0 fully saturated rings. The van der Waals surface area contributed by atoms with Gasteiger partial charge in [0.1, 0.15) is 0 Å². The first kappa shape index (κ1) is 35.9. The fourth-order valence-electron chi connectivity index (χ4n) is 3.55. The van der Waals surface area contributed by atoms with Gasteiger partial charge in [-0.05, 0) is 6.42 Å². The van der Waals surface area contributed by atoms with Crippen LogP contribution in [0, 0.1) is 0 Å². The summed E-state index contributed by atoms with van der Waals surface area (Å²) in [5, 5.41) is 8.56. The lowest BCUT2D eigenvalue weighted by Crippen LogP contribution is -2.13. The van der Waals surface area contributed by atoms with E-state index in [0.717, 1.165) is 19.3 Å². The standard InChI is InChI=1S/C26H55O9P/c1-2-3-4-5-6-7-8-9-10-11-12-13-14-15-17-34-36(28,29)35-26-25-33-24-23-32-22-21-31-20-19-30-18-16-27/h27H,2-26H2,1H3,(H,28,29). The van der Waals surface area contributed by atoms with Gasteiger partial charge in [0.05, 0.1) is 72.7 Å². The predicted molar refractivity (Wildman–Crippen MR) is 142 cm³/mol. The summed E-state index contributed by atoms with van der Waals surface area (Å²) in [6, 6.07) is 0. The van der Waals surface area contributed by atoms with Crippen LogP contribution in [0.3, 0.4) is 0 Å². The van der Waals surface area contributed by atoms with Crippen molar-refractivity contribution in [3.05, 3.63) is 0 Å². The van der Waals surface area contributed by atoms with E-state index in [9.17, 15) is 9.46 Å². The molecule has 0 aliphatic carbocycles. The monoisotopic (exact) mass is 542 g/mol. The molecule has 0 amide bonds. The first-order chi connectivity index (χ1) is 17.6. The molecule has 0 radical (unpaired) electrons. The molecule has 0 spiro atoms. The summed E-state index contributed by atoms with van der Waals surface area (Å²) in [5.41, 5.74) is 0. The lowest BCUT2D eigenvalue weighted by Gasteiger charge is -2.12. The van der Waals surface area contributed by atoms with Crippen molar-refractivity contribution < 1.29 is 42.6 Å². The molecular formula is C26H55O9P. The Bertz CT molecular complexity index is 469. The second-order valence-corrected chi connectivity index (χ2v) is 10.4. The van der Waals surface area contributed by atoms with Crippen LogP contribution in [-0.4, -0.2) is 82.7 Å². The van der Waals surface area contributed by atoms with E-state index >= 15 is 0 Å². The highest BCUT2D eigenvalue weighted by Crippen LogP contribution is 2.43. The van der Waals surface area contributed by atoms with Crippen molar-refractivity contribution in [2.45, 2.75) is 96.8 Å². The highest BCUT2D eigenvalue weighted by atomic mass is 31.2. The summed E-state index contributed by atoms with van der Waals surface area (Å²) < 4.78 is 42.8. The van der Waals surface area contributed by atoms with Crippen LogP contribution in [0.5, 0.6) is 0 Å². The third-order valence-corrected chi connectivity index (χ3v) is 6.60. The number of phosphoric acid groups is 1. The Morgan fingerprint density at radius 1 is 0.472 bits per heavy atom. The van der Waals surface area contributed by atoms with Gasteiger partial charge in [-0.3, -0.25) is 9.05 Å². The van der Waals surface area contributed by atoms with Gasteiger partial charge in [0, 0.05) is 0 Å². The largest absolute Gasteiger partial charge is 0.472 e. The molecule has 36 heavy (non-hydrogen) atoms. The second kappa shape index (κ2) is 29.5. The van der Waals surface area contributed by atoms with Crippen LogP contribution in [0.4, 0.5) is 0 Å². The number of rotatable bonds is 31. The fraction of sp³-hybridized carbons (Fsp3) is 1.00. The van der Waals surface area contributed by atoms with Crippen LogP contribution in [0.25, 0.3) is 0 Å². The van der Waals surface area contributed by atoms with E-state index in [2.05, 4.69) is 6.92 Å². The molecule has 1 atom stereocenters. The lowest BCUT2D eigenvalue weighted by molar-refractivity contribution is -0.00893. The lowest BCUT2D eigenvalue weighted by atomic mass is 10.0. The Morgan fingerprint density at radius 3 is 1.22 bits per heavy atom. The normalized spacial score (nSPS) is 13.3. The Balaban J connectivity index is 3.28. The first-order valence-corrected chi connectivity index (χ1v) is 15.7. The Kier molecular flexibility index (Phi) is 29.4.